The number of carbonyl (C=O) groups is 2. The second kappa shape index (κ2) is 9.06. The molecule has 1 atom stereocenters. The molecule has 1 fully saturated rings. The molecule has 2 aromatic heterocycles. The lowest BCUT2D eigenvalue weighted by molar-refractivity contribution is -0.123. The standard InChI is InChI=1S/C22H24N4O2S2/c1-14-10-15(2)12-17(11-14)26(22(28)18-13-30-25-24-18)20(19-8-5-9-29-19)21(27)23-16-6-3-4-7-16/h5,8-13,16,20H,3-4,6-7H2,1-2H3,(H,23,27)/t20-/m1/s1. The molecule has 1 aliphatic carbocycles. The topological polar surface area (TPSA) is 75.2 Å². The van der Waals surface area contributed by atoms with E-state index in [0.717, 1.165) is 53.2 Å². The lowest BCUT2D eigenvalue weighted by Crippen LogP contribution is -2.46. The van der Waals surface area contributed by atoms with Crippen molar-refractivity contribution >= 4 is 40.4 Å². The summed E-state index contributed by atoms with van der Waals surface area (Å²) in [5.41, 5.74) is 2.99. The van der Waals surface area contributed by atoms with Gasteiger partial charge in [-0.2, -0.15) is 0 Å². The molecule has 6 nitrogen and oxygen atoms in total. The Bertz CT molecular complexity index is 992. The molecule has 0 radical (unpaired) electrons. The van der Waals surface area contributed by atoms with Gasteiger partial charge in [0.15, 0.2) is 11.7 Å². The van der Waals surface area contributed by atoms with E-state index in [1.807, 2.05) is 43.5 Å². The third-order valence-electron chi connectivity index (χ3n) is 5.30. The number of nitrogens with one attached hydrogen (secondary N) is 1. The van der Waals surface area contributed by atoms with Crippen LogP contribution in [0.4, 0.5) is 5.69 Å². The predicted octanol–water partition coefficient (Wildman–Crippen LogP) is 4.66. The maximum atomic E-state index is 13.6. The van der Waals surface area contributed by atoms with Crippen molar-refractivity contribution in [1.82, 2.24) is 14.9 Å². The average Bonchev–Trinajstić information content (AvgIpc) is 3.48. The van der Waals surface area contributed by atoms with Crippen LogP contribution < -0.4 is 10.2 Å². The molecule has 2 heterocycles. The first kappa shape index (κ1) is 20.7. The number of aromatic nitrogens is 2. The van der Waals surface area contributed by atoms with Crippen LogP contribution in [-0.2, 0) is 4.79 Å². The van der Waals surface area contributed by atoms with Crippen LogP contribution >= 0.6 is 22.9 Å². The highest BCUT2D eigenvalue weighted by atomic mass is 32.1. The van der Waals surface area contributed by atoms with Crippen molar-refractivity contribution < 1.29 is 9.59 Å². The van der Waals surface area contributed by atoms with E-state index in [4.69, 9.17) is 0 Å². The highest BCUT2D eigenvalue weighted by Crippen LogP contribution is 2.33. The van der Waals surface area contributed by atoms with Gasteiger partial charge in [-0.05, 0) is 72.9 Å². The summed E-state index contributed by atoms with van der Waals surface area (Å²) >= 11 is 2.60. The van der Waals surface area contributed by atoms with Crippen LogP contribution in [0.3, 0.4) is 0 Å². The van der Waals surface area contributed by atoms with E-state index in [1.165, 1.54) is 11.3 Å². The molecule has 4 rings (SSSR count). The lowest BCUT2D eigenvalue weighted by Gasteiger charge is -2.31. The number of aryl methyl sites for hydroxylation is 2. The van der Waals surface area contributed by atoms with Gasteiger partial charge >= 0.3 is 0 Å². The fourth-order valence-electron chi connectivity index (χ4n) is 4.03. The molecular formula is C22H24N4O2S2. The van der Waals surface area contributed by atoms with Crippen molar-refractivity contribution in [2.45, 2.75) is 51.6 Å². The number of amides is 2. The van der Waals surface area contributed by atoms with Crippen LogP contribution in [0.2, 0.25) is 0 Å². The summed E-state index contributed by atoms with van der Waals surface area (Å²) in [6, 6.07) is 9.14. The Balaban J connectivity index is 1.79. The number of benzene rings is 1. The number of hydrogen-bond acceptors (Lipinski definition) is 6. The van der Waals surface area contributed by atoms with Crippen molar-refractivity contribution in [3.63, 3.8) is 0 Å². The summed E-state index contributed by atoms with van der Waals surface area (Å²) in [5, 5.41) is 10.7. The maximum absolute atomic E-state index is 13.6. The highest BCUT2D eigenvalue weighted by Gasteiger charge is 2.36. The third kappa shape index (κ3) is 4.44. The SMILES string of the molecule is Cc1cc(C)cc(N(C(=O)c2csnn2)[C@@H](C(=O)NC2CCCC2)c2cccs2)c1. The molecule has 0 spiro atoms. The zero-order valence-corrected chi connectivity index (χ0v) is 18.6. The summed E-state index contributed by atoms with van der Waals surface area (Å²) in [4.78, 5) is 29.5. The quantitative estimate of drug-likeness (QED) is 0.605. The second-order valence-corrected chi connectivity index (χ2v) is 9.31. The van der Waals surface area contributed by atoms with Crippen molar-refractivity contribution in [2.75, 3.05) is 4.90 Å². The van der Waals surface area contributed by atoms with Gasteiger partial charge in [0.2, 0.25) is 5.91 Å². The lowest BCUT2D eigenvalue weighted by atomic mass is 10.1. The molecular weight excluding hydrogens is 416 g/mol. The third-order valence-corrected chi connectivity index (χ3v) is 6.73. The number of nitrogens with zero attached hydrogens (tertiary/aromatic N) is 3. The molecule has 30 heavy (non-hydrogen) atoms. The van der Waals surface area contributed by atoms with Crippen molar-refractivity contribution in [3.05, 3.63) is 62.8 Å². The predicted molar refractivity (Wildman–Crippen MR) is 120 cm³/mol. The Labute approximate surface area is 184 Å². The number of anilines is 1. The zero-order valence-electron chi connectivity index (χ0n) is 17.0. The van der Waals surface area contributed by atoms with Gasteiger partial charge in [0, 0.05) is 22.0 Å². The van der Waals surface area contributed by atoms with Crippen molar-refractivity contribution in [3.8, 4) is 0 Å². The summed E-state index contributed by atoms with van der Waals surface area (Å²) in [6.07, 6.45) is 4.21. The minimum atomic E-state index is -0.763. The number of rotatable bonds is 6. The van der Waals surface area contributed by atoms with Gasteiger partial charge < -0.3 is 5.32 Å². The van der Waals surface area contributed by atoms with Gasteiger partial charge in [0.25, 0.3) is 5.91 Å². The molecule has 2 amide bonds. The Morgan fingerprint density at radius 2 is 1.90 bits per heavy atom. The molecule has 0 bridgehead atoms. The van der Waals surface area contributed by atoms with E-state index < -0.39 is 6.04 Å². The molecule has 1 saturated carbocycles. The van der Waals surface area contributed by atoms with Crippen LogP contribution in [0.5, 0.6) is 0 Å². The first-order chi connectivity index (χ1) is 14.5. The van der Waals surface area contributed by atoms with Crippen LogP contribution in [-0.4, -0.2) is 27.4 Å². The van der Waals surface area contributed by atoms with E-state index in [0.29, 0.717) is 5.69 Å². The van der Waals surface area contributed by atoms with Crippen LogP contribution in [0, 0.1) is 13.8 Å². The number of hydrogen-bond donors (Lipinski definition) is 1. The fraction of sp³-hybridized carbons (Fsp3) is 0.364. The van der Waals surface area contributed by atoms with Crippen molar-refractivity contribution in [2.24, 2.45) is 0 Å². The fourth-order valence-corrected chi connectivity index (χ4v) is 5.27. The van der Waals surface area contributed by atoms with Crippen molar-refractivity contribution in [1.29, 1.82) is 0 Å². The van der Waals surface area contributed by atoms with E-state index >= 15 is 0 Å². The monoisotopic (exact) mass is 440 g/mol. The molecule has 0 aliphatic heterocycles. The second-order valence-electron chi connectivity index (χ2n) is 7.72. The highest BCUT2D eigenvalue weighted by molar-refractivity contribution is 7.10. The Morgan fingerprint density at radius 3 is 2.50 bits per heavy atom. The van der Waals surface area contributed by atoms with E-state index in [1.54, 1.807) is 10.3 Å². The Morgan fingerprint density at radius 1 is 1.17 bits per heavy atom. The molecule has 0 saturated heterocycles. The van der Waals surface area contributed by atoms with E-state index in [9.17, 15) is 9.59 Å². The van der Waals surface area contributed by atoms with Gasteiger partial charge in [0.05, 0.1) is 0 Å². The van der Waals surface area contributed by atoms with Gasteiger partial charge in [0.1, 0.15) is 0 Å². The van der Waals surface area contributed by atoms with E-state index in [-0.39, 0.29) is 23.6 Å². The first-order valence-corrected chi connectivity index (χ1v) is 11.8. The van der Waals surface area contributed by atoms with Crippen LogP contribution in [0.15, 0.2) is 41.1 Å². The molecule has 156 valence electrons. The summed E-state index contributed by atoms with van der Waals surface area (Å²) < 4.78 is 3.85. The van der Waals surface area contributed by atoms with E-state index in [2.05, 4.69) is 21.0 Å². The van der Waals surface area contributed by atoms with Crippen LogP contribution in [0.1, 0.15) is 58.2 Å². The van der Waals surface area contributed by atoms with Gasteiger partial charge in [-0.3, -0.25) is 14.5 Å². The largest absolute Gasteiger partial charge is 0.351 e. The first-order valence-electron chi connectivity index (χ1n) is 10.1. The maximum Gasteiger partial charge on any atom is 0.280 e. The molecule has 3 aromatic rings. The van der Waals surface area contributed by atoms with Gasteiger partial charge in [-0.25, -0.2) is 0 Å². The normalized spacial score (nSPS) is 15.1. The average molecular weight is 441 g/mol. The summed E-state index contributed by atoms with van der Waals surface area (Å²) in [6.45, 7) is 3.98. The smallest absolute Gasteiger partial charge is 0.280 e. The minimum Gasteiger partial charge on any atom is -0.351 e. The summed E-state index contributed by atoms with van der Waals surface area (Å²) in [5.74, 6) is -0.478. The molecule has 0 unspecified atom stereocenters. The molecule has 1 aromatic carbocycles. The Hall–Kier alpha value is -2.58. The Kier molecular flexibility index (Phi) is 6.24. The summed E-state index contributed by atoms with van der Waals surface area (Å²) in [7, 11) is 0. The molecule has 1 N–H and O–H groups in total. The number of carbonyl (C=O) groups excluding carboxylic acids is 2. The van der Waals surface area contributed by atoms with Gasteiger partial charge in [-0.15, -0.1) is 16.4 Å². The minimum absolute atomic E-state index is 0.153. The zero-order chi connectivity index (χ0) is 21.1. The number of thiophene rings is 1. The van der Waals surface area contributed by atoms with Gasteiger partial charge in [-0.1, -0.05) is 29.5 Å². The van der Waals surface area contributed by atoms with Crippen LogP contribution in [0.25, 0.3) is 0 Å². The molecule has 8 heteroatoms. The molecule has 1 aliphatic rings.